The van der Waals surface area contributed by atoms with Crippen molar-refractivity contribution in [1.29, 1.82) is 0 Å². The van der Waals surface area contributed by atoms with Crippen molar-refractivity contribution in [3.05, 3.63) is 70.3 Å². The molecular formula is C19H25N. The van der Waals surface area contributed by atoms with Gasteiger partial charge in [0.05, 0.1) is 5.54 Å². The predicted octanol–water partition coefficient (Wildman–Crippen LogP) is 4.65. The molecule has 1 nitrogen and oxygen atoms in total. The van der Waals surface area contributed by atoms with Crippen LogP contribution < -0.4 is 5.73 Å². The second-order valence-corrected chi connectivity index (χ2v) is 6.28. The fourth-order valence-electron chi connectivity index (χ4n) is 2.45. The summed E-state index contributed by atoms with van der Waals surface area (Å²) in [6.07, 6.45) is 0. The summed E-state index contributed by atoms with van der Waals surface area (Å²) in [7, 11) is 0. The summed E-state index contributed by atoms with van der Waals surface area (Å²) in [5, 5.41) is 0. The zero-order valence-electron chi connectivity index (χ0n) is 13.2. The van der Waals surface area contributed by atoms with Crippen LogP contribution in [0.5, 0.6) is 0 Å². The van der Waals surface area contributed by atoms with Gasteiger partial charge >= 0.3 is 0 Å². The summed E-state index contributed by atoms with van der Waals surface area (Å²) in [5.74, 6) is 0.551. The van der Waals surface area contributed by atoms with E-state index >= 15 is 0 Å². The number of rotatable bonds is 3. The Kier molecular flexibility index (Phi) is 4.01. The van der Waals surface area contributed by atoms with Gasteiger partial charge in [-0.2, -0.15) is 0 Å². The molecule has 0 saturated carbocycles. The van der Waals surface area contributed by atoms with Gasteiger partial charge in [0, 0.05) is 0 Å². The minimum absolute atomic E-state index is 0.450. The van der Waals surface area contributed by atoms with Gasteiger partial charge in [-0.15, -0.1) is 0 Å². The average Bonchev–Trinajstić information content (AvgIpc) is 2.41. The number of hydrogen-bond donors (Lipinski definition) is 1. The van der Waals surface area contributed by atoms with Gasteiger partial charge in [0.1, 0.15) is 0 Å². The first-order valence-electron chi connectivity index (χ1n) is 7.29. The molecule has 0 bridgehead atoms. The monoisotopic (exact) mass is 267 g/mol. The Hall–Kier alpha value is -1.60. The third kappa shape index (κ3) is 2.78. The summed E-state index contributed by atoms with van der Waals surface area (Å²) < 4.78 is 0. The largest absolute Gasteiger partial charge is 0.318 e. The summed E-state index contributed by atoms with van der Waals surface area (Å²) >= 11 is 0. The molecule has 1 atom stereocenters. The third-order valence-corrected chi connectivity index (χ3v) is 4.28. The fourth-order valence-corrected chi connectivity index (χ4v) is 2.45. The molecule has 0 aliphatic rings. The van der Waals surface area contributed by atoms with Gasteiger partial charge in [-0.1, -0.05) is 56.3 Å². The lowest BCUT2D eigenvalue weighted by molar-refractivity contribution is 0.601. The minimum atomic E-state index is -0.450. The summed E-state index contributed by atoms with van der Waals surface area (Å²) in [5.41, 5.74) is 12.4. The second-order valence-electron chi connectivity index (χ2n) is 6.28. The van der Waals surface area contributed by atoms with Crippen LogP contribution in [0.15, 0.2) is 42.5 Å². The van der Waals surface area contributed by atoms with E-state index in [9.17, 15) is 0 Å². The predicted molar refractivity (Wildman–Crippen MR) is 87.1 cm³/mol. The van der Waals surface area contributed by atoms with E-state index in [2.05, 4.69) is 77.1 Å². The van der Waals surface area contributed by atoms with E-state index in [-0.39, 0.29) is 0 Å². The van der Waals surface area contributed by atoms with Crippen molar-refractivity contribution in [3.63, 3.8) is 0 Å². The molecule has 0 aliphatic heterocycles. The molecule has 106 valence electrons. The van der Waals surface area contributed by atoms with Crippen LogP contribution in [0.4, 0.5) is 0 Å². The molecule has 2 rings (SSSR count). The second kappa shape index (κ2) is 5.41. The first-order valence-corrected chi connectivity index (χ1v) is 7.29. The van der Waals surface area contributed by atoms with E-state index in [1.807, 2.05) is 0 Å². The molecule has 0 heterocycles. The fraction of sp³-hybridized carbons (Fsp3) is 0.368. The first-order chi connectivity index (χ1) is 9.32. The lowest BCUT2D eigenvalue weighted by atomic mass is 9.83. The summed E-state index contributed by atoms with van der Waals surface area (Å²) in [6.45, 7) is 10.8. The Morgan fingerprint density at radius 3 is 1.90 bits per heavy atom. The zero-order valence-corrected chi connectivity index (χ0v) is 13.2. The smallest absolute Gasteiger partial charge is 0.0637 e. The summed E-state index contributed by atoms with van der Waals surface area (Å²) in [4.78, 5) is 0. The van der Waals surface area contributed by atoms with Gasteiger partial charge in [-0.05, 0) is 54.5 Å². The van der Waals surface area contributed by atoms with E-state index in [4.69, 9.17) is 5.73 Å². The van der Waals surface area contributed by atoms with Crippen molar-refractivity contribution in [2.45, 2.75) is 46.1 Å². The Bertz CT molecular complexity index is 592. The van der Waals surface area contributed by atoms with Crippen LogP contribution in [0.3, 0.4) is 0 Å². The molecule has 0 radical (unpaired) electrons. The van der Waals surface area contributed by atoms with Crippen LogP contribution in [-0.2, 0) is 5.54 Å². The Labute approximate surface area is 122 Å². The molecule has 0 fully saturated rings. The van der Waals surface area contributed by atoms with Crippen LogP contribution in [0.2, 0.25) is 0 Å². The highest BCUT2D eigenvalue weighted by atomic mass is 14.7. The van der Waals surface area contributed by atoms with Crippen LogP contribution in [0.1, 0.15) is 54.5 Å². The molecule has 1 unspecified atom stereocenters. The quantitative estimate of drug-likeness (QED) is 0.860. The maximum atomic E-state index is 6.60. The van der Waals surface area contributed by atoms with Crippen molar-refractivity contribution >= 4 is 0 Å². The molecule has 2 aromatic carbocycles. The van der Waals surface area contributed by atoms with E-state index in [0.29, 0.717) is 5.92 Å². The number of nitrogens with two attached hydrogens (primary N) is 1. The van der Waals surface area contributed by atoms with Crippen molar-refractivity contribution in [3.8, 4) is 0 Å². The molecule has 20 heavy (non-hydrogen) atoms. The first kappa shape index (κ1) is 14.8. The molecule has 2 N–H and O–H groups in total. The maximum Gasteiger partial charge on any atom is 0.0637 e. The third-order valence-electron chi connectivity index (χ3n) is 4.28. The Balaban J connectivity index is 2.40. The molecular weight excluding hydrogens is 242 g/mol. The van der Waals surface area contributed by atoms with E-state index in [1.165, 1.54) is 16.7 Å². The number of benzene rings is 2. The molecule has 0 spiro atoms. The standard InChI is InChI=1S/C19H25N/c1-13(2)16-7-10-17(11-8-16)19(5,20)18-9-6-14(3)15(4)12-18/h6-13H,20H2,1-5H3. The average molecular weight is 267 g/mol. The molecule has 0 aliphatic carbocycles. The van der Waals surface area contributed by atoms with Crippen molar-refractivity contribution in [1.82, 2.24) is 0 Å². The zero-order chi connectivity index (χ0) is 14.9. The van der Waals surface area contributed by atoms with Gasteiger partial charge in [-0.3, -0.25) is 0 Å². The van der Waals surface area contributed by atoms with E-state index in [0.717, 1.165) is 11.1 Å². The van der Waals surface area contributed by atoms with E-state index in [1.54, 1.807) is 0 Å². The molecule has 2 aromatic rings. The lowest BCUT2D eigenvalue weighted by Crippen LogP contribution is -2.34. The van der Waals surface area contributed by atoms with Gasteiger partial charge in [0.25, 0.3) is 0 Å². The number of aryl methyl sites for hydroxylation is 2. The van der Waals surface area contributed by atoms with Gasteiger partial charge in [0.15, 0.2) is 0 Å². The normalized spacial score (nSPS) is 14.3. The van der Waals surface area contributed by atoms with Gasteiger partial charge < -0.3 is 5.73 Å². The van der Waals surface area contributed by atoms with Crippen LogP contribution in [-0.4, -0.2) is 0 Å². The summed E-state index contributed by atoms with van der Waals surface area (Å²) in [6, 6.07) is 15.2. The Morgan fingerprint density at radius 1 is 0.850 bits per heavy atom. The van der Waals surface area contributed by atoms with Crippen molar-refractivity contribution in [2.75, 3.05) is 0 Å². The van der Waals surface area contributed by atoms with Crippen molar-refractivity contribution in [2.24, 2.45) is 5.73 Å². The van der Waals surface area contributed by atoms with Crippen molar-refractivity contribution < 1.29 is 0 Å². The van der Waals surface area contributed by atoms with Gasteiger partial charge in [0.2, 0.25) is 0 Å². The SMILES string of the molecule is Cc1ccc(C(C)(N)c2ccc(C(C)C)cc2)cc1C. The Morgan fingerprint density at radius 2 is 1.40 bits per heavy atom. The molecule has 0 aromatic heterocycles. The maximum absolute atomic E-state index is 6.60. The van der Waals surface area contributed by atoms with Crippen LogP contribution in [0.25, 0.3) is 0 Å². The lowest BCUT2D eigenvalue weighted by Gasteiger charge is -2.27. The van der Waals surface area contributed by atoms with Crippen LogP contribution >= 0.6 is 0 Å². The topological polar surface area (TPSA) is 26.0 Å². The highest BCUT2D eigenvalue weighted by Gasteiger charge is 2.24. The number of hydrogen-bond acceptors (Lipinski definition) is 1. The molecule has 1 heteroatoms. The van der Waals surface area contributed by atoms with Crippen LogP contribution in [0, 0.1) is 13.8 Å². The van der Waals surface area contributed by atoms with Gasteiger partial charge in [-0.25, -0.2) is 0 Å². The minimum Gasteiger partial charge on any atom is -0.318 e. The molecule has 0 amide bonds. The molecule has 0 saturated heterocycles. The van der Waals surface area contributed by atoms with E-state index < -0.39 is 5.54 Å². The highest BCUT2D eigenvalue weighted by Crippen LogP contribution is 2.29. The highest BCUT2D eigenvalue weighted by molar-refractivity contribution is 5.41.